The molecular weight excluding hydrogens is 354 g/mol. The zero-order chi connectivity index (χ0) is 19.1. The number of aryl methyl sites for hydroxylation is 1. The normalized spacial score (nSPS) is 21.0. The van der Waals surface area contributed by atoms with Crippen LogP contribution >= 0.6 is 0 Å². The molecule has 2 aliphatic rings. The second-order valence-corrected chi connectivity index (χ2v) is 7.36. The molecule has 8 heteroatoms. The quantitative estimate of drug-likeness (QED) is 0.687. The molecule has 1 atom stereocenters. The first-order valence-corrected chi connectivity index (χ1v) is 9.75. The van der Waals surface area contributed by atoms with E-state index in [2.05, 4.69) is 25.1 Å². The van der Waals surface area contributed by atoms with Crippen LogP contribution in [0.5, 0.6) is 0 Å². The van der Waals surface area contributed by atoms with Gasteiger partial charge in [-0.3, -0.25) is 9.69 Å². The Balaban J connectivity index is 1.25. The van der Waals surface area contributed by atoms with Crippen LogP contribution in [0.3, 0.4) is 0 Å². The summed E-state index contributed by atoms with van der Waals surface area (Å²) >= 11 is 0. The number of fused-ring (bicyclic) bond motifs is 1. The van der Waals surface area contributed by atoms with E-state index in [1.165, 1.54) is 0 Å². The number of aromatic nitrogens is 4. The number of para-hydroxylation sites is 1. The summed E-state index contributed by atoms with van der Waals surface area (Å²) in [5.74, 6) is 1.94. The zero-order valence-corrected chi connectivity index (χ0v) is 15.9. The van der Waals surface area contributed by atoms with Gasteiger partial charge in [-0.05, 0) is 37.6 Å². The minimum absolute atomic E-state index is 0.0158. The molecule has 2 aromatic heterocycles. The predicted octanol–water partition coefficient (Wildman–Crippen LogP) is 1.36. The zero-order valence-electron chi connectivity index (χ0n) is 15.9. The number of nitrogens with zero attached hydrogens (tertiary/aromatic N) is 7. The van der Waals surface area contributed by atoms with Gasteiger partial charge in [0.25, 0.3) is 0 Å². The number of benzene rings is 1. The lowest BCUT2D eigenvalue weighted by atomic mass is 10.2. The third-order valence-electron chi connectivity index (χ3n) is 5.73. The van der Waals surface area contributed by atoms with Gasteiger partial charge in [0, 0.05) is 38.4 Å². The molecule has 5 rings (SSSR count). The molecule has 0 bridgehead atoms. The van der Waals surface area contributed by atoms with Gasteiger partial charge in [0.15, 0.2) is 11.5 Å². The van der Waals surface area contributed by atoms with Crippen molar-refractivity contribution in [1.29, 1.82) is 0 Å². The van der Waals surface area contributed by atoms with Crippen LogP contribution in [0.2, 0.25) is 0 Å². The molecule has 0 spiro atoms. The van der Waals surface area contributed by atoms with Crippen molar-refractivity contribution < 1.29 is 4.79 Å². The molecule has 0 aliphatic carbocycles. The summed E-state index contributed by atoms with van der Waals surface area (Å²) in [6.07, 6.45) is 0.887. The summed E-state index contributed by atoms with van der Waals surface area (Å²) in [4.78, 5) is 19.5. The molecule has 2 saturated heterocycles. The Bertz CT molecular complexity index is 994. The van der Waals surface area contributed by atoms with Crippen molar-refractivity contribution in [3.05, 3.63) is 48.3 Å². The largest absolute Gasteiger partial charge is 0.353 e. The first-order valence-electron chi connectivity index (χ1n) is 9.75. The van der Waals surface area contributed by atoms with E-state index in [4.69, 9.17) is 0 Å². The molecule has 1 unspecified atom stereocenters. The molecule has 3 aromatic rings. The second kappa shape index (κ2) is 6.87. The SMILES string of the molecule is Cc1nnc2ccc(N3CCN(C4CCN(c5ccccc5)C4=O)CC3)nn12. The van der Waals surface area contributed by atoms with Crippen LogP contribution in [0.25, 0.3) is 5.65 Å². The van der Waals surface area contributed by atoms with E-state index in [9.17, 15) is 4.79 Å². The Morgan fingerprint density at radius 1 is 0.929 bits per heavy atom. The lowest BCUT2D eigenvalue weighted by Gasteiger charge is -2.37. The Labute approximate surface area is 163 Å². The van der Waals surface area contributed by atoms with E-state index >= 15 is 0 Å². The lowest BCUT2D eigenvalue weighted by Crippen LogP contribution is -2.52. The standard InChI is InChI=1S/C20H23N7O/c1-15-21-22-18-7-8-19(23-27(15)18)25-13-11-24(12-14-25)17-9-10-26(20(17)28)16-5-3-2-4-6-16/h2-8,17H,9-14H2,1H3. The van der Waals surface area contributed by atoms with Crippen LogP contribution in [0.4, 0.5) is 11.5 Å². The average molecular weight is 377 g/mol. The summed E-state index contributed by atoms with van der Waals surface area (Å²) in [6, 6.07) is 13.9. The van der Waals surface area contributed by atoms with Crippen LogP contribution in [0.1, 0.15) is 12.2 Å². The van der Waals surface area contributed by atoms with Gasteiger partial charge in [0.1, 0.15) is 5.82 Å². The molecule has 8 nitrogen and oxygen atoms in total. The molecule has 1 amide bonds. The molecular formula is C20H23N7O. The molecule has 2 aliphatic heterocycles. The fourth-order valence-corrected chi connectivity index (χ4v) is 4.19. The molecule has 28 heavy (non-hydrogen) atoms. The molecule has 0 N–H and O–H groups in total. The maximum Gasteiger partial charge on any atom is 0.244 e. The van der Waals surface area contributed by atoms with Crippen LogP contribution in [-0.2, 0) is 4.79 Å². The highest BCUT2D eigenvalue weighted by molar-refractivity contribution is 5.99. The first kappa shape index (κ1) is 17.1. The monoisotopic (exact) mass is 377 g/mol. The molecule has 144 valence electrons. The minimum atomic E-state index is -0.0158. The van der Waals surface area contributed by atoms with Crippen molar-refractivity contribution >= 4 is 23.1 Å². The van der Waals surface area contributed by atoms with Crippen molar-refractivity contribution in [2.45, 2.75) is 19.4 Å². The maximum absolute atomic E-state index is 13.0. The van der Waals surface area contributed by atoms with Gasteiger partial charge >= 0.3 is 0 Å². The predicted molar refractivity (Wildman–Crippen MR) is 107 cm³/mol. The summed E-state index contributed by atoms with van der Waals surface area (Å²) in [6.45, 7) is 6.13. The van der Waals surface area contributed by atoms with Gasteiger partial charge in [-0.1, -0.05) is 18.2 Å². The van der Waals surface area contributed by atoms with Gasteiger partial charge < -0.3 is 9.80 Å². The number of hydrogen-bond donors (Lipinski definition) is 0. The molecule has 0 saturated carbocycles. The molecule has 0 radical (unpaired) electrons. The van der Waals surface area contributed by atoms with Gasteiger partial charge in [-0.25, -0.2) is 0 Å². The van der Waals surface area contributed by atoms with Crippen LogP contribution in [0.15, 0.2) is 42.5 Å². The number of hydrogen-bond acceptors (Lipinski definition) is 6. The van der Waals surface area contributed by atoms with E-state index in [-0.39, 0.29) is 11.9 Å². The van der Waals surface area contributed by atoms with E-state index in [1.807, 2.05) is 54.3 Å². The van der Waals surface area contributed by atoms with Gasteiger partial charge in [0.2, 0.25) is 5.91 Å². The lowest BCUT2D eigenvalue weighted by molar-refractivity contribution is -0.121. The number of amides is 1. The molecule has 4 heterocycles. The number of carbonyl (C=O) groups is 1. The van der Waals surface area contributed by atoms with E-state index < -0.39 is 0 Å². The fourth-order valence-electron chi connectivity index (χ4n) is 4.19. The number of carbonyl (C=O) groups excluding carboxylic acids is 1. The summed E-state index contributed by atoms with van der Waals surface area (Å²) in [7, 11) is 0. The Morgan fingerprint density at radius 3 is 2.50 bits per heavy atom. The molecule has 1 aromatic carbocycles. The minimum Gasteiger partial charge on any atom is -0.353 e. The van der Waals surface area contributed by atoms with Crippen molar-refractivity contribution in [2.24, 2.45) is 0 Å². The van der Waals surface area contributed by atoms with Crippen molar-refractivity contribution in [3.8, 4) is 0 Å². The summed E-state index contributed by atoms with van der Waals surface area (Å²) in [5, 5.41) is 12.8. The van der Waals surface area contributed by atoms with Gasteiger partial charge in [-0.2, -0.15) is 4.52 Å². The highest BCUT2D eigenvalue weighted by Crippen LogP contribution is 2.25. The van der Waals surface area contributed by atoms with Crippen molar-refractivity contribution in [2.75, 3.05) is 42.5 Å². The smallest absolute Gasteiger partial charge is 0.244 e. The second-order valence-electron chi connectivity index (χ2n) is 7.36. The Hall–Kier alpha value is -3.00. The fraction of sp³-hybridized carbons (Fsp3) is 0.400. The van der Waals surface area contributed by atoms with Gasteiger partial charge in [-0.15, -0.1) is 15.3 Å². The van der Waals surface area contributed by atoms with E-state index in [1.54, 1.807) is 4.52 Å². The van der Waals surface area contributed by atoms with Crippen molar-refractivity contribution in [1.82, 2.24) is 24.7 Å². The first-order chi connectivity index (χ1) is 13.7. The maximum atomic E-state index is 13.0. The highest BCUT2D eigenvalue weighted by Gasteiger charge is 2.37. The van der Waals surface area contributed by atoms with Crippen LogP contribution in [-0.4, -0.2) is 69.4 Å². The Morgan fingerprint density at radius 2 is 1.71 bits per heavy atom. The Kier molecular flexibility index (Phi) is 4.20. The number of anilines is 2. The summed E-state index contributed by atoms with van der Waals surface area (Å²) in [5.41, 5.74) is 1.76. The van der Waals surface area contributed by atoms with Crippen LogP contribution < -0.4 is 9.80 Å². The van der Waals surface area contributed by atoms with Crippen molar-refractivity contribution in [3.63, 3.8) is 0 Å². The average Bonchev–Trinajstić information content (AvgIpc) is 3.31. The molecule has 2 fully saturated rings. The van der Waals surface area contributed by atoms with E-state index in [0.29, 0.717) is 0 Å². The highest BCUT2D eigenvalue weighted by atomic mass is 16.2. The third kappa shape index (κ3) is 2.90. The van der Waals surface area contributed by atoms with Gasteiger partial charge in [0.05, 0.1) is 6.04 Å². The topological polar surface area (TPSA) is 69.9 Å². The van der Waals surface area contributed by atoms with E-state index in [0.717, 1.165) is 62.1 Å². The van der Waals surface area contributed by atoms with Crippen LogP contribution in [0, 0.1) is 6.92 Å². The summed E-state index contributed by atoms with van der Waals surface area (Å²) < 4.78 is 1.78. The number of piperazine rings is 1. The third-order valence-corrected chi connectivity index (χ3v) is 5.73. The number of rotatable bonds is 3.